The Morgan fingerprint density at radius 2 is 1.81 bits per heavy atom. The van der Waals surface area contributed by atoms with Crippen molar-refractivity contribution in [2.24, 2.45) is 58.0 Å². The standard InChI is InChI=1S/C27H47NO3/c1-17(5-8-24(30)31-4)20-6-7-21-25-22(10-13-27(20,21)3)26(2)12-9-18(11-14-28)15-19(26)16-23(25)29/h17-23,25,29H,5-16,28H2,1-4H3/t17?,18?,19?,20?,21?,22?,23-,25?,26?,27?/m1/s1. The molecule has 4 nitrogen and oxygen atoms in total. The van der Waals surface area contributed by atoms with Gasteiger partial charge in [0.05, 0.1) is 13.2 Å². The molecule has 0 aromatic rings. The minimum atomic E-state index is -0.131. The molecule has 0 aromatic heterocycles. The number of rotatable bonds is 6. The molecule has 4 aliphatic rings. The summed E-state index contributed by atoms with van der Waals surface area (Å²) in [4.78, 5) is 11.7. The topological polar surface area (TPSA) is 72.5 Å². The summed E-state index contributed by atoms with van der Waals surface area (Å²) in [6, 6.07) is 0. The number of aliphatic hydroxyl groups excluding tert-OH is 1. The van der Waals surface area contributed by atoms with Gasteiger partial charge >= 0.3 is 5.97 Å². The first kappa shape index (κ1) is 23.5. The Morgan fingerprint density at radius 3 is 2.52 bits per heavy atom. The molecule has 0 radical (unpaired) electrons. The predicted octanol–water partition coefficient (Wildman–Crippen LogP) is 5.17. The smallest absolute Gasteiger partial charge is 0.305 e. The number of esters is 1. The molecule has 4 saturated carbocycles. The van der Waals surface area contributed by atoms with Crippen molar-refractivity contribution >= 4 is 5.97 Å². The average molecular weight is 434 g/mol. The quantitative estimate of drug-likeness (QED) is 0.567. The van der Waals surface area contributed by atoms with Crippen LogP contribution in [0.5, 0.6) is 0 Å². The molecule has 4 fully saturated rings. The summed E-state index contributed by atoms with van der Waals surface area (Å²) in [5, 5.41) is 11.5. The fourth-order valence-electron chi connectivity index (χ4n) is 9.43. The molecular weight excluding hydrogens is 386 g/mol. The van der Waals surface area contributed by atoms with Gasteiger partial charge in [-0.2, -0.15) is 0 Å². The SMILES string of the molecule is COC(=O)CCC(C)C1CCC2C3C(CCC12C)C1(C)CCC(CCN)CC1C[C@H]3O. The Kier molecular flexibility index (Phi) is 6.81. The fraction of sp³-hybridized carbons (Fsp3) is 0.963. The van der Waals surface area contributed by atoms with E-state index in [1.54, 1.807) is 0 Å². The van der Waals surface area contributed by atoms with Crippen molar-refractivity contribution in [1.82, 2.24) is 0 Å². The van der Waals surface area contributed by atoms with E-state index in [1.807, 2.05) is 0 Å². The molecule has 0 bridgehead atoms. The van der Waals surface area contributed by atoms with E-state index in [4.69, 9.17) is 10.5 Å². The molecule has 0 saturated heterocycles. The van der Waals surface area contributed by atoms with Gasteiger partial charge in [-0.3, -0.25) is 4.79 Å². The number of carbonyl (C=O) groups excluding carboxylic acids is 1. The zero-order valence-electron chi connectivity index (χ0n) is 20.4. The molecule has 178 valence electrons. The van der Waals surface area contributed by atoms with Gasteiger partial charge in [-0.15, -0.1) is 0 Å². The molecule has 9 unspecified atom stereocenters. The lowest BCUT2D eigenvalue weighted by Gasteiger charge is -2.62. The predicted molar refractivity (Wildman–Crippen MR) is 124 cm³/mol. The third kappa shape index (κ3) is 3.98. The van der Waals surface area contributed by atoms with Crippen molar-refractivity contribution in [3.63, 3.8) is 0 Å². The number of ether oxygens (including phenoxy) is 1. The first-order chi connectivity index (χ1) is 14.7. The number of aliphatic hydroxyl groups is 1. The van der Waals surface area contributed by atoms with E-state index in [2.05, 4.69) is 20.8 Å². The largest absolute Gasteiger partial charge is 0.469 e. The zero-order valence-corrected chi connectivity index (χ0v) is 20.4. The minimum Gasteiger partial charge on any atom is -0.469 e. The van der Waals surface area contributed by atoms with Crippen molar-refractivity contribution in [3.8, 4) is 0 Å². The molecule has 0 aromatic carbocycles. The van der Waals surface area contributed by atoms with Gasteiger partial charge in [-0.1, -0.05) is 20.8 Å². The lowest BCUT2D eigenvalue weighted by molar-refractivity contribution is -0.169. The van der Waals surface area contributed by atoms with E-state index in [0.717, 1.165) is 31.7 Å². The summed E-state index contributed by atoms with van der Waals surface area (Å²) >= 11 is 0. The normalized spacial score (nSPS) is 47.7. The van der Waals surface area contributed by atoms with E-state index in [-0.39, 0.29) is 12.1 Å². The summed E-state index contributed by atoms with van der Waals surface area (Å²) < 4.78 is 4.88. The van der Waals surface area contributed by atoms with Crippen LogP contribution in [0.1, 0.15) is 91.4 Å². The highest BCUT2D eigenvalue weighted by atomic mass is 16.5. The maximum Gasteiger partial charge on any atom is 0.305 e. The van der Waals surface area contributed by atoms with Gasteiger partial charge in [0.1, 0.15) is 0 Å². The van der Waals surface area contributed by atoms with Gasteiger partial charge in [-0.05, 0) is 123 Å². The molecule has 4 rings (SSSR count). The van der Waals surface area contributed by atoms with Crippen LogP contribution in [0.2, 0.25) is 0 Å². The Bertz CT molecular complexity index is 652. The highest BCUT2D eigenvalue weighted by Crippen LogP contribution is 2.68. The summed E-state index contributed by atoms with van der Waals surface area (Å²) in [6.45, 7) is 8.26. The summed E-state index contributed by atoms with van der Waals surface area (Å²) in [6.07, 6.45) is 12.5. The lowest BCUT2D eigenvalue weighted by Crippen LogP contribution is -2.58. The monoisotopic (exact) mass is 433 g/mol. The number of methoxy groups -OCH3 is 1. The van der Waals surface area contributed by atoms with E-state index < -0.39 is 0 Å². The van der Waals surface area contributed by atoms with Crippen LogP contribution in [0.25, 0.3) is 0 Å². The molecule has 0 aliphatic heterocycles. The third-order valence-corrected chi connectivity index (χ3v) is 11.2. The molecule has 0 amide bonds. The number of hydrogen-bond donors (Lipinski definition) is 2. The molecule has 4 heteroatoms. The number of hydrogen-bond acceptors (Lipinski definition) is 4. The number of nitrogens with two attached hydrogens (primary N) is 1. The Morgan fingerprint density at radius 1 is 1.10 bits per heavy atom. The second-order valence-electron chi connectivity index (χ2n) is 12.3. The third-order valence-electron chi connectivity index (χ3n) is 11.2. The fourth-order valence-corrected chi connectivity index (χ4v) is 9.43. The highest BCUT2D eigenvalue weighted by Gasteiger charge is 2.62. The first-order valence-electron chi connectivity index (χ1n) is 13.2. The second-order valence-corrected chi connectivity index (χ2v) is 12.3. The Labute approximate surface area is 190 Å². The van der Waals surface area contributed by atoms with Crippen LogP contribution < -0.4 is 5.73 Å². The molecule has 4 aliphatic carbocycles. The number of fused-ring (bicyclic) bond motifs is 5. The zero-order chi connectivity index (χ0) is 22.4. The minimum absolute atomic E-state index is 0.0813. The van der Waals surface area contributed by atoms with Gasteiger partial charge in [0.25, 0.3) is 0 Å². The van der Waals surface area contributed by atoms with Gasteiger partial charge in [0, 0.05) is 6.42 Å². The van der Waals surface area contributed by atoms with Crippen molar-refractivity contribution in [2.45, 2.75) is 97.5 Å². The highest BCUT2D eigenvalue weighted by molar-refractivity contribution is 5.69. The van der Waals surface area contributed by atoms with E-state index >= 15 is 0 Å². The Hall–Kier alpha value is -0.610. The van der Waals surface area contributed by atoms with Gasteiger partial charge in [-0.25, -0.2) is 0 Å². The van der Waals surface area contributed by atoms with Gasteiger partial charge < -0.3 is 15.6 Å². The summed E-state index contributed by atoms with van der Waals surface area (Å²) in [5.74, 6) is 4.38. The second kappa shape index (κ2) is 8.97. The van der Waals surface area contributed by atoms with Crippen LogP contribution >= 0.6 is 0 Å². The molecule has 31 heavy (non-hydrogen) atoms. The molecule has 10 atom stereocenters. The van der Waals surface area contributed by atoms with Crippen LogP contribution in [-0.2, 0) is 9.53 Å². The maximum atomic E-state index is 11.7. The van der Waals surface area contributed by atoms with Crippen molar-refractivity contribution in [1.29, 1.82) is 0 Å². The lowest BCUT2D eigenvalue weighted by atomic mass is 9.43. The molecule has 3 N–H and O–H groups in total. The van der Waals surface area contributed by atoms with E-state index in [9.17, 15) is 9.90 Å². The molecular formula is C27H47NO3. The van der Waals surface area contributed by atoms with Gasteiger partial charge in [0.15, 0.2) is 0 Å². The average Bonchev–Trinajstić information content (AvgIpc) is 3.10. The maximum absolute atomic E-state index is 11.7. The van der Waals surface area contributed by atoms with E-state index in [0.29, 0.717) is 52.8 Å². The summed E-state index contributed by atoms with van der Waals surface area (Å²) in [7, 11) is 1.49. The van der Waals surface area contributed by atoms with Crippen LogP contribution in [0, 0.1) is 52.3 Å². The Balaban J connectivity index is 1.50. The van der Waals surface area contributed by atoms with Crippen molar-refractivity contribution in [2.75, 3.05) is 13.7 Å². The summed E-state index contributed by atoms with van der Waals surface area (Å²) in [5.41, 5.74) is 6.60. The van der Waals surface area contributed by atoms with Crippen LogP contribution in [-0.4, -0.2) is 30.8 Å². The number of carbonyl (C=O) groups is 1. The van der Waals surface area contributed by atoms with Crippen molar-refractivity contribution in [3.05, 3.63) is 0 Å². The van der Waals surface area contributed by atoms with Crippen LogP contribution in [0.15, 0.2) is 0 Å². The molecule has 0 heterocycles. The first-order valence-corrected chi connectivity index (χ1v) is 13.2. The van der Waals surface area contributed by atoms with Crippen LogP contribution in [0.3, 0.4) is 0 Å². The van der Waals surface area contributed by atoms with Crippen LogP contribution in [0.4, 0.5) is 0 Å². The van der Waals surface area contributed by atoms with Crippen molar-refractivity contribution < 1.29 is 14.6 Å². The van der Waals surface area contributed by atoms with E-state index in [1.165, 1.54) is 52.1 Å². The molecule has 0 spiro atoms. The van der Waals surface area contributed by atoms with Gasteiger partial charge in [0.2, 0.25) is 0 Å².